The lowest BCUT2D eigenvalue weighted by molar-refractivity contribution is -0.114. The number of allylic oxidation sites excluding steroid dienone is 2. The highest BCUT2D eigenvalue weighted by atomic mass is 35.5. The number of carbonyl (C=O) groups excluding carboxylic acids is 1. The molecule has 0 unspecified atom stereocenters. The number of rotatable bonds is 3. The molecule has 20 heavy (non-hydrogen) atoms. The Morgan fingerprint density at radius 2 is 1.95 bits per heavy atom. The van der Waals surface area contributed by atoms with Gasteiger partial charge in [-0.3, -0.25) is 4.79 Å². The molecule has 5 heteroatoms. The molecular formula is C15H18ClNO3. The number of anilines is 1. The van der Waals surface area contributed by atoms with Crippen molar-refractivity contribution in [3.63, 3.8) is 0 Å². The van der Waals surface area contributed by atoms with Crippen molar-refractivity contribution in [2.75, 3.05) is 5.32 Å². The minimum Gasteiger partial charge on any atom is -0.478 e. The molecule has 0 fully saturated rings. The Bertz CT molecular complexity index is 564. The third-order valence-corrected chi connectivity index (χ3v) is 3.29. The molecule has 0 amide bonds. The van der Waals surface area contributed by atoms with E-state index in [0.717, 1.165) is 5.70 Å². The maximum atomic E-state index is 11.4. The third kappa shape index (κ3) is 3.61. The van der Waals surface area contributed by atoms with Crippen LogP contribution in [0.2, 0.25) is 5.02 Å². The Labute approximate surface area is 123 Å². The molecule has 0 spiro atoms. The molecular weight excluding hydrogens is 278 g/mol. The van der Waals surface area contributed by atoms with Crippen LogP contribution < -0.4 is 5.32 Å². The largest absolute Gasteiger partial charge is 0.478 e. The summed E-state index contributed by atoms with van der Waals surface area (Å²) in [6, 6.07) is 4.47. The van der Waals surface area contributed by atoms with E-state index in [1.807, 2.05) is 13.8 Å². The Morgan fingerprint density at radius 3 is 2.40 bits per heavy atom. The van der Waals surface area contributed by atoms with Crippen molar-refractivity contribution in [2.24, 2.45) is 0 Å². The molecule has 0 saturated heterocycles. The maximum Gasteiger partial charge on any atom is 0.335 e. The highest BCUT2D eigenvalue weighted by Crippen LogP contribution is 2.29. The van der Waals surface area contributed by atoms with Crippen LogP contribution in [0.3, 0.4) is 0 Å². The van der Waals surface area contributed by atoms with Gasteiger partial charge in [-0.05, 0) is 31.5 Å². The quantitative estimate of drug-likeness (QED) is 0.880. The molecule has 1 aromatic rings. The summed E-state index contributed by atoms with van der Waals surface area (Å²) in [6.45, 7) is 5.77. The predicted molar refractivity (Wildman–Crippen MR) is 80.3 cm³/mol. The number of benzene rings is 1. The fourth-order valence-corrected chi connectivity index (χ4v) is 2.08. The van der Waals surface area contributed by atoms with Crippen molar-refractivity contribution in [3.8, 4) is 0 Å². The number of hydrogen-bond acceptors (Lipinski definition) is 3. The molecule has 0 bridgehead atoms. The molecule has 2 rings (SSSR count). The van der Waals surface area contributed by atoms with Gasteiger partial charge in [0.2, 0.25) is 0 Å². The van der Waals surface area contributed by atoms with Gasteiger partial charge in [-0.25, -0.2) is 4.79 Å². The summed E-state index contributed by atoms with van der Waals surface area (Å²) in [7, 11) is 0. The fraction of sp³-hybridized carbons (Fsp3) is 0.333. The zero-order valence-corrected chi connectivity index (χ0v) is 12.5. The number of Topliss-reactive ketones (excluding diaryl/α,β-unsaturated/α-hetero) is 1. The SMILES string of the molecule is CC.CC1=C(Nc2ccc(C(=O)O)cc2Cl)CCC1=O. The van der Waals surface area contributed by atoms with Crippen LogP contribution in [0, 0.1) is 0 Å². The van der Waals surface area contributed by atoms with Crippen LogP contribution in [0.25, 0.3) is 0 Å². The molecule has 2 N–H and O–H groups in total. The zero-order chi connectivity index (χ0) is 15.3. The number of nitrogens with one attached hydrogen (secondary N) is 1. The van der Waals surface area contributed by atoms with E-state index in [9.17, 15) is 9.59 Å². The molecule has 0 saturated carbocycles. The number of carboxylic acids is 1. The molecule has 1 aromatic carbocycles. The number of hydrogen-bond donors (Lipinski definition) is 2. The average Bonchev–Trinajstić information content (AvgIpc) is 2.75. The van der Waals surface area contributed by atoms with E-state index in [4.69, 9.17) is 16.7 Å². The van der Waals surface area contributed by atoms with Crippen LogP contribution in [0.15, 0.2) is 29.5 Å². The topological polar surface area (TPSA) is 66.4 Å². The molecule has 0 aliphatic heterocycles. The van der Waals surface area contributed by atoms with Crippen molar-refractivity contribution in [1.29, 1.82) is 0 Å². The first kappa shape index (κ1) is 16.2. The smallest absolute Gasteiger partial charge is 0.335 e. The van der Waals surface area contributed by atoms with E-state index in [1.165, 1.54) is 12.1 Å². The van der Waals surface area contributed by atoms with Crippen LogP contribution in [0.4, 0.5) is 5.69 Å². The van der Waals surface area contributed by atoms with Gasteiger partial charge in [-0.2, -0.15) is 0 Å². The number of carboxylic acid groups (broad SMARTS) is 1. The predicted octanol–water partition coefficient (Wildman–Crippen LogP) is 4.11. The first-order valence-electron chi connectivity index (χ1n) is 6.52. The van der Waals surface area contributed by atoms with Crippen LogP contribution >= 0.6 is 11.6 Å². The van der Waals surface area contributed by atoms with Gasteiger partial charge in [0.05, 0.1) is 16.3 Å². The molecule has 0 radical (unpaired) electrons. The summed E-state index contributed by atoms with van der Waals surface area (Å²) in [5, 5.41) is 12.2. The monoisotopic (exact) mass is 295 g/mol. The van der Waals surface area contributed by atoms with Gasteiger partial charge >= 0.3 is 5.97 Å². The summed E-state index contributed by atoms with van der Waals surface area (Å²) in [6.07, 6.45) is 1.18. The number of carbonyl (C=O) groups is 2. The van der Waals surface area contributed by atoms with Gasteiger partial charge in [-0.15, -0.1) is 0 Å². The van der Waals surface area contributed by atoms with Gasteiger partial charge in [0.25, 0.3) is 0 Å². The number of ketones is 1. The van der Waals surface area contributed by atoms with Gasteiger partial charge in [-0.1, -0.05) is 25.4 Å². The highest BCUT2D eigenvalue weighted by Gasteiger charge is 2.19. The lowest BCUT2D eigenvalue weighted by Crippen LogP contribution is -2.02. The first-order chi connectivity index (χ1) is 9.49. The molecule has 108 valence electrons. The Morgan fingerprint density at radius 1 is 1.30 bits per heavy atom. The van der Waals surface area contributed by atoms with Crippen molar-refractivity contribution < 1.29 is 14.7 Å². The molecule has 0 atom stereocenters. The van der Waals surface area contributed by atoms with E-state index >= 15 is 0 Å². The van der Waals surface area contributed by atoms with Gasteiger partial charge in [0.15, 0.2) is 5.78 Å². The van der Waals surface area contributed by atoms with E-state index in [1.54, 1.807) is 13.0 Å². The van der Waals surface area contributed by atoms with Gasteiger partial charge in [0.1, 0.15) is 0 Å². The maximum absolute atomic E-state index is 11.4. The van der Waals surface area contributed by atoms with E-state index < -0.39 is 5.97 Å². The van der Waals surface area contributed by atoms with E-state index in [0.29, 0.717) is 29.1 Å². The Balaban J connectivity index is 0.000000956. The van der Waals surface area contributed by atoms with E-state index in [2.05, 4.69) is 5.32 Å². The summed E-state index contributed by atoms with van der Waals surface area (Å²) in [5.41, 5.74) is 2.32. The average molecular weight is 296 g/mol. The Hall–Kier alpha value is -1.81. The summed E-state index contributed by atoms with van der Waals surface area (Å²) in [5.74, 6) is -0.884. The molecule has 1 aliphatic rings. The van der Waals surface area contributed by atoms with Crippen LogP contribution in [0.5, 0.6) is 0 Å². The highest BCUT2D eigenvalue weighted by molar-refractivity contribution is 6.33. The minimum atomic E-state index is -1.02. The molecule has 0 heterocycles. The summed E-state index contributed by atoms with van der Waals surface area (Å²) >= 11 is 6.00. The van der Waals surface area contributed by atoms with Crippen LogP contribution in [-0.4, -0.2) is 16.9 Å². The van der Waals surface area contributed by atoms with Crippen molar-refractivity contribution in [1.82, 2.24) is 0 Å². The van der Waals surface area contributed by atoms with E-state index in [-0.39, 0.29) is 11.3 Å². The van der Waals surface area contributed by atoms with Crippen LogP contribution in [0.1, 0.15) is 44.0 Å². The zero-order valence-electron chi connectivity index (χ0n) is 11.8. The standard InChI is InChI=1S/C13H12ClNO3.C2H6/c1-7-10(4-5-12(7)16)15-11-3-2-8(13(17)18)6-9(11)14;1-2/h2-3,6,15H,4-5H2,1H3,(H,17,18);1-2H3. The summed E-state index contributed by atoms with van der Waals surface area (Å²) < 4.78 is 0. The van der Waals surface area contributed by atoms with Crippen molar-refractivity contribution in [2.45, 2.75) is 33.6 Å². The fourth-order valence-electron chi connectivity index (χ4n) is 1.85. The van der Waals surface area contributed by atoms with Crippen LogP contribution in [-0.2, 0) is 4.79 Å². The lowest BCUT2D eigenvalue weighted by atomic mass is 10.2. The first-order valence-corrected chi connectivity index (χ1v) is 6.89. The third-order valence-electron chi connectivity index (χ3n) is 2.97. The molecule has 1 aliphatic carbocycles. The summed E-state index contributed by atoms with van der Waals surface area (Å²) in [4.78, 5) is 22.2. The minimum absolute atomic E-state index is 0.135. The lowest BCUT2D eigenvalue weighted by Gasteiger charge is -2.10. The second-order valence-electron chi connectivity index (χ2n) is 4.15. The Kier molecular flexibility index (Phi) is 5.77. The van der Waals surface area contributed by atoms with Crippen molar-refractivity contribution >= 4 is 29.0 Å². The van der Waals surface area contributed by atoms with Crippen molar-refractivity contribution in [3.05, 3.63) is 40.1 Å². The normalized spacial score (nSPS) is 13.9. The number of halogens is 1. The second kappa shape index (κ2) is 7.10. The number of aromatic carboxylic acids is 1. The molecule has 4 nitrogen and oxygen atoms in total. The van der Waals surface area contributed by atoms with Gasteiger partial charge < -0.3 is 10.4 Å². The second-order valence-corrected chi connectivity index (χ2v) is 4.56. The van der Waals surface area contributed by atoms with Gasteiger partial charge in [0, 0.05) is 17.7 Å². The molecule has 0 aromatic heterocycles.